The van der Waals surface area contributed by atoms with Gasteiger partial charge < -0.3 is 14.4 Å². The number of carbonyl (C=O) groups excluding carboxylic acids is 1. The maximum atomic E-state index is 12.7. The number of carbonyl (C=O) groups is 1. The Hall–Kier alpha value is -0.870. The van der Waals surface area contributed by atoms with Crippen LogP contribution in [0.25, 0.3) is 0 Å². The minimum Gasteiger partial charge on any atom is -0.459 e. The minimum atomic E-state index is -0.0985. The molecule has 0 unspecified atom stereocenters. The molecule has 142 valence electrons. The van der Waals surface area contributed by atoms with Crippen LogP contribution in [0.4, 0.5) is 0 Å². The third-order valence-corrected chi connectivity index (χ3v) is 6.27. The molecule has 4 heteroatoms. The lowest BCUT2D eigenvalue weighted by atomic mass is 9.80. The number of rotatable bonds is 6. The first-order chi connectivity index (χ1) is 12.0. The molecule has 25 heavy (non-hydrogen) atoms. The Bertz CT molecular complexity index is 511. The van der Waals surface area contributed by atoms with Crippen LogP contribution in [0.15, 0.2) is 11.6 Å². The van der Waals surface area contributed by atoms with Crippen molar-refractivity contribution in [1.29, 1.82) is 0 Å². The van der Waals surface area contributed by atoms with Crippen molar-refractivity contribution >= 4 is 5.97 Å². The third-order valence-electron chi connectivity index (χ3n) is 6.27. The molecule has 0 aromatic carbocycles. The van der Waals surface area contributed by atoms with E-state index >= 15 is 0 Å². The van der Waals surface area contributed by atoms with E-state index in [9.17, 15) is 4.79 Å². The number of fused-ring (bicyclic) bond motifs is 3. The van der Waals surface area contributed by atoms with E-state index in [0.29, 0.717) is 0 Å². The number of hydrogen-bond donors (Lipinski definition) is 0. The summed E-state index contributed by atoms with van der Waals surface area (Å²) in [5.41, 5.74) is 1.34. The van der Waals surface area contributed by atoms with Crippen LogP contribution in [-0.2, 0) is 14.3 Å². The quantitative estimate of drug-likeness (QED) is 0.414. The fourth-order valence-electron chi connectivity index (χ4n) is 4.75. The summed E-state index contributed by atoms with van der Waals surface area (Å²) in [7, 11) is 0. The summed E-state index contributed by atoms with van der Waals surface area (Å²) in [6, 6.07) is 0. The second-order valence-electron chi connectivity index (χ2n) is 8.45. The zero-order valence-corrected chi connectivity index (χ0v) is 16.4. The van der Waals surface area contributed by atoms with Gasteiger partial charge in [0.25, 0.3) is 0 Å². The van der Waals surface area contributed by atoms with E-state index in [1.807, 2.05) is 0 Å². The standard InChI is InChI=1S/C21H35NO3/c1-5-12-22(13-6-2)14-17-16-10-9-15(3)8-7-11-21(4)19(25-21)18(16)24-20(17)23/h8,16-19H,5-7,9-14H2,1-4H3/b15-8-/t16-,17-,18-,19-,21+/m0/s1. The lowest BCUT2D eigenvalue weighted by Gasteiger charge is -2.27. The number of hydrogen-bond acceptors (Lipinski definition) is 4. The van der Waals surface area contributed by atoms with Gasteiger partial charge in [-0.1, -0.05) is 25.5 Å². The van der Waals surface area contributed by atoms with Gasteiger partial charge in [-0.25, -0.2) is 0 Å². The van der Waals surface area contributed by atoms with Crippen LogP contribution in [0.3, 0.4) is 0 Å². The molecule has 3 rings (SSSR count). The normalized spacial score (nSPS) is 40.0. The molecular formula is C21H35NO3. The highest BCUT2D eigenvalue weighted by Gasteiger charge is 2.62. The number of allylic oxidation sites excluding steroid dienone is 2. The molecule has 1 aliphatic carbocycles. The molecule has 0 spiro atoms. The smallest absolute Gasteiger partial charge is 0.311 e. The molecule has 0 radical (unpaired) electrons. The van der Waals surface area contributed by atoms with Crippen molar-refractivity contribution in [3.63, 3.8) is 0 Å². The van der Waals surface area contributed by atoms with Gasteiger partial charge in [0.15, 0.2) is 0 Å². The zero-order valence-electron chi connectivity index (χ0n) is 16.4. The molecule has 0 bridgehead atoms. The molecular weight excluding hydrogens is 314 g/mol. The van der Waals surface area contributed by atoms with Crippen LogP contribution in [0.5, 0.6) is 0 Å². The number of esters is 1. The average molecular weight is 350 g/mol. The monoisotopic (exact) mass is 349 g/mol. The Labute approximate surface area is 152 Å². The number of epoxide rings is 1. The Morgan fingerprint density at radius 3 is 2.68 bits per heavy atom. The summed E-state index contributed by atoms with van der Waals surface area (Å²) in [6.07, 6.45) is 8.86. The number of nitrogens with zero attached hydrogens (tertiary/aromatic N) is 1. The summed E-state index contributed by atoms with van der Waals surface area (Å²) in [5, 5.41) is 0. The molecule has 2 heterocycles. The van der Waals surface area contributed by atoms with Crippen molar-refractivity contribution in [3.05, 3.63) is 11.6 Å². The SMILES string of the molecule is CCCN(CCC)C[C@@H]1C(=O)O[C@H]2[C@H]1CC/C(C)=C\CC[C@@]1(C)O[C@@H]21. The zero-order chi connectivity index (χ0) is 18.0. The van der Waals surface area contributed by atoms with E-state index in [1.165, 1.54) is 5.57 Å². The molecule has 4 nitrogen and oxygen atoms in total. The highest BCUT2D eigenvalue weighted by molar-refractivity contribution is 5.75. The van der Waals surface area contributed by atoms with Gasteiger partial charge in [-0.05, 0) is 65.5 Å². The van der Waals surface area contributed by atoms with E-state index in [0.717, 1.165) is 58.2 Å². The first-order valence-electron chi connectivity index (χ1n) is 10.2. The van der Waals surface area contributed by atoms with Crippen molar-refractivity contribution in [2.75, 3.05) is 19.6 Å². The van der Waals surface area contributed by atoms with Gasteiger partial charge >= 0.3 is 5.97 Å². The van der Waals surface area contributed by atoms with Crippen molar-refractivity contribution in [3.8, 4) is 0 Å². The van der Waals surface area contributed by atoms with Gasteiger partial charge in [0.05, 0.1) is 11.5 Å². The topological polar surface area (TPSA) is 42.1 Å². The second-order valence-corrected chi connectivity index (χ2v) is 8.45. The first-order valence-corrected chi connectivity index (χ1v) is 10.2. The maximum Gasteiger partial charge on any atom is 0.311 e. The molecule has 0 amide bonds. The third kappa shape index (κ3) is 4.11. The molecule has 3 aliphatic rings. The lowest BCUT2D eigenvalue weighted by molar-refractivity contribution is -0.145. The van der Waals surface area contributed by atoms with Crippen LogP contribution in [0.2, 0.25) is 0 Å². The van der Waals surface area contributed by atoms with E-state index in [4.69, 9.17) is 9.47 Å². The molecule has 2 fully saturated rings. The molecule has 2 aliphatic heterocycles. The number of ether oxygens (including phenoxy) is 2. The van der Waals surface area contributed by atoms with Crippen LogP contribution < -0.4 is 0 Å². The van der Waals surface area contributed by atoms with Crippen LogP contribution in [-0.4, -0.2) is 48.3 Å². The van der Waals surface area contributed by atoms with Crippen LogP contribution >= 0.6 is 0 Å². The van der Waals surface area contributed by atoms with E-state index < -0.39 is 0 Å². The highest BCUT2D eigenvalue weighted by Crippen LogP contribution is 2.50. The Morgan fingerprint density at radius 1 is 1.28 bits per heavy atom. The highest BCUT2D eigenvalue weighted by atomic mass is 16.6. The maximum absolute atomic E-state index is 12.7. The van der Waals surface area contributed by atoms with Gasteiger partial charge in [-0.2, -0.15) is 0 Å². The van der Waals surface area contributed by atoms with E-state index in [2.05, 4.69) is 38.7 Å². The van der Waals surface area contributed by atoms with Gasteiger partial charge in [-0.15, -0.1) is 0 Å². The Morgan fingerprint density at radius 2 is 2.00 bits per heavy atom. The molecule has 2 saturated heterocycles. The summed E-state index contributed by atoms with van der Waals surface area (Å²) in [4.78, 5) is 15.2. The van der Waals surface area contributed by atoms with Crippen LogP contribution in [0.1, 0.15) is 66.2 Å². The van der Waals surface area contributed by atoms with Crippen molar-refractivity contribution in [2.24, 2.45) is 11.8 Å². The molecule has 0 saturated carbocycles. The largest absolute Gasteiger partial charge is 0.459 e. The van der Waals surface area contributed by atoms with Gasteiger partial charge in [-0.3, -0.25) is 4.79 Å². The lowest BCUT2D eigenvalue weighted by Crippen LogP contribution is -2.37. The fraction of sp³-hybridized carbons (Fsp3) is 0.857. The molecule has 0 aromatic rings. The van der Waals surface area contributed by atoms with Gasteiger partial charge in [0, 0.05) is 12.5 Å². The summed E-state index contributed by atoms with van der Waals surface area (Å²) < 4.78 is 12.0. The Kier molecular flexibility index (Phi) is 5.89. The van der Waals surface area contributed by atoms with Crippen molar-refractivity contribution in [2.45, 2.75) is 84.0 Å². The van der Waals surface area contributed by atoms with E-state index in [1.54, 1.807) is 0 Å². The predicted molar refractivity (Wildman–Crippen MR) is 99.4 cm³/mol. The van der Waals surface area contributed by atoms with Gasteiger partial charge in [0.2, 0.25) is 0 Å². The molecule has 0 aromatic heterocycles. The Balaban J connectivity index is 1.77. The summed E-state index contributed by atoms with van der Waals surface area (Å²) in [5.74, 6) is 0.298. The fourth-order valence-corrected chi connectivity index (χ4v) is 4.75. The summed E-state index contributed by atoms with van der Waals surface area (Å²) >= 11 is 0. The molecule has 0 N–H and O–H groups in total. The second kappa shape index (κ2) is 7.79. The summed E-state index contributed by atoms with van der Waals surface area (Å²) in [6.45, 7) is 11.8. The molecule has 5 atom stereocenters. The van der Waals surface area contributed by atoms with Gasteiger partial charge in [0.1, 0.15) is 12.2 Å². The predicted octanol–water partition coefficient (Wildman–Crippen LogP) is 3.94. The average Bonchev–Trinajstić information content (AvgIpc) is 3.13. The minimum absolute atomic E-state index is 0.00350. The van der Waals surface area contributed by atoms with Crippen LogP contribution in [0, 0.1) is 11.8 Å². The van der Waals surface area contributed by atoms with Crippen molar-refractivity contribution in [1.82, 2.24) is 4.90 Å². The van der Waals surface area contributed by atoms with Crippen molar-refractivity contribution < 1.29 is 14.3 Å². The van der Waals surface area contributed by atoms with E-state index in [-0.39, 0.29) is 35.6 Å². The first kappa shape index (κ1) is 18.9.